The molecule has 4 atom stereocenters. The monoisotopic (exact) mass is 369 g/mol. The summed E-state index contributed by atoms with van der Waals surface area (Å²) in [5, 5.41) is 11.2. The second kappa shape index (κ2) is 6.80. The van der Waals surface area contributed by atoms with Gasteiger partial charge in [0.1, 0.15) is 12.6 Å². The van der Waals surface area contributed by atoms with Gasteiger partial charge in [0.25, 0.3) is 0 Å². The van der Waals surface area contributed by atoms with Gasteiger partial charge in [-0.05, 0) is 24.1 Å². The normalized spacial score (nSPS) is 30.0. The summed E-state index contributed by atoms with van der Waals surface area (Å²) >= 11 is 0. The van der Waals surface area contributed by atoms with Crippen LogP contribution in [0.1, 0.15) is 30.6 Å². The number of allylic oxidation sites excluding steroid dienone is 1. The Kier molecular flexibility index (Phi) is 4.60. The van der Waals surface area contributed by atoms with Gasteiger partial charge in [-0.1, -0.05) is 24.3 Å². The number of nitrogens with zero attached hydrogens (tertiary/aromatic N) is 1. The molecular formula is C22H29N2O3+. The molecule has 0 amide bonds. The molecule has 1 aromatic heterocycles. The maximum atomic E-state index is 12.3. The van der Waals surface area contributed by atoms with Crippen molar-refractivity contribution >= 4 is 16.9 Å². The van der Waals surface area contributed by atoms with Gasteiger partial charge in [0.2, 0.25) is 0 Å². The number of aromatic nitrogens is 1. The molecule has 4 unspecified atom stereocenters. The molecule has 1 aromatic carbocycles. The van der Waals surface area contributed by atoms with Crippen molar-refractivity contribution < 1.29 is 19.1 Å². The largest absolute Gasteiger partial charge is 0.469 e. The van der Waals surface area contributed by atoms with Crippen molar-refractivity contribution in [1.82, 2.24) is 4.98 Å². The Morgan fingerprint density at radius 1 is 1.44 bits per heavy atom. The van der Waals surface area contributed by atoms with Crippen molar-refractivity contribution in [1.29, 1.82) is 0 Å². The third-order valence-corrected chi connectivity index (χ3v) is 6.86. The molecule has 0 spiro atoms. The number of aromatic amines is 1. The number of carbonyl (C=O) groups excluding carboxylic acids is 1. The van der Waals surface area contributed by atoms with E-state index >= 15 is 0 Å². The lowest BCUT2D eigenvalue weighted by atomic mass is 9.74. The first-order valence-electron chi connectivity index (χ1n) is 9.80. The molecule has 27 heavy (non-hydrogen) atoms. The van der Waals surface area contributed by atoms with Gasteiger partial charge in [0.05, 0.1) is 38.9 Å². The standard InChI is InChI=1S/C22H29N2O3/c1-4-14-12-24(2)10-9-16-15-7-5-6-8-19(15)23-21(16)20(24)11-17(14)18(13-25)22(26)27-3/h4-8,17-18,20,23,25H,9-13H2,1-3H3/q+1. The molecule has 2 aromatic rings. The van der Waals surface area contributed by atoms with Crippen molar-refractivity contribution in [3.63, 3.8) is 0 Å². The Labute approximate surface area is 160 Å². The number of nitrogens with one attached hydrogen (secondary N) is 1. The molecule has 0 bridgehead atoms. The number of carbonyl (C=O) groups is 1. The number of benzene rings is 1. The van der Waals surface area contributed by atoms with E-state index in [-0.39, 0.29) is 18.5 Å². The second-order valence-electron chi connectivity index (χ2n) is 8.21. The topological polar surface area (TPSA) is 62.3 Å². The molecular weight excluding hydrogens is 340 g/mol. The number of methoxy groups -OCH3 is 1. The van der Waals surface area contributed by atoms with Gasteiger partial charge in [-0.15, -0.1) is 0 Å². The second-order valence-corrected chi connectivity index (χ2v) is 8.21. The SMILES string of the molecule is CC=C1C[N+]2(C)CCc3c([nH]c4ccccc34)C2CC1C(CO)C(=O)OC. The molecule has 5 nitrogen and oxygen atoms in total. The van der Waals surface area contributed by atoms with Crippen LogP contribution in [0.15, 0.2) is 35.9 Å². The molecule has 1 saturated heterocycles. The van der Waals surface area contributed by atoms with Crippen LogP contribution in [0.25, 0.3) is 10.9 Å². The summed E-state index contributed by atoms with van der Waals surface area (Å²) in [7, 11) is 3.73. The number of rotatable bonds is 3. The van der Waals surface area contributed by atoms with E-state index in [9.17, 15) is 9.90 Å². The maximum Gasteiger partial charge on any atom is 0.311 e. The Balaban J connectivity index is 1.78. The van der Waals surface area contributed by atoms with Crippen LogP contribution in [0.2, 0.25) is 0 Å². The molecule has 4 rings (SSSR count). The number of aliphatic hydroxyl groups excluding tert-OH is 1. The number of ether oxygens (including phenoxy) is 1. The Morgan fingerprint density at radius 3 is 2.93 bits per heavy atom. The lowest BCUT2D eigenvalue weighted by Gasteiger charge is -2.51. The summed E-state index contributed by atoms with van der Waals surface area (Å²) in [6.07, 6.45) is 4.04. The molecule has 3 heterocycles. The predicted octanol–water partition coefficient (Wildman–Crippen LogP) is 2.96. The van der Waals surface area contributed by atoms with Gasteiger partial charge in [0.15, 0.2) is 0 Å². The Bertz CT molecular complexity index is 900. The first-order chi connectivity index (χ1) is 13.0. The number of aliphatic hydroxyl groups is 1. The van der Waals surface area contributed by atoms with Crippen molar-refractivity contribution in [2.24, 2.45) is 11.8 Å². The summed E-state index contributed by atoms with van der Waals surface area (Å²) in [5.41, 5.74) is 5.19. The highest BCUT2D eigenvalue weighted by Gasteiger charge is 2.49. The van der Waals surface area contributed by atoms with Gasteiger partial charge in [-0.3, -0.25) is 4.79 Å². The Hall–Kier alpha value is -2.11. The minimum absolute atomic E-state index is 0.0148. The summed E-state index contributed by atoms with van der Waals surface area (Å²) in [5.74, 6) is -0.795. The number of hydrogen-bond donors (Lipinski definition) is 2. The van der Waals surface area contributed by atoms with Gasteiger partial charge in [0, 0.05) is 29.7 Å². The van der Waals surface area contributed by atoms with E-state index in [0.29, 0.717) is 6.04 Å². The van der Waals surface area contributed by atoms with Crippen LogP contribution >= 0.6 is 0 Å². The van der Waals surface area contributed by atoms with E-state index in [1.54, 1.807) is 0 Å². The van der Waals surface area contributed by atoms with E-state index in [0.717, 1.165) is 30.4 Å². The summed E-state index contributed by atoms with van der Waals surface area (Å²) in [6.45, 7) is 3.86. The molecule has 1 fully saturated rings. The number of quaternary nitrogens is 1. The third-order valence-electron chi connectivity index (χ3n) is 6.86. The first-order valence-corrected chi connectivity index (χ1v) is 9.80. The van der Waals surface area contributed by atoms with Gasteiger partial charge < -0.3 is 19.3 Å². The van der Waals surface area contributed by atoms with Crippen LogP contribution in [-0.2, 0) is 16.0 Å². The first kappa shape index (κ1) is 18.3. The van der Waals surface area contributed by atoms with E-state index in [1.165, 1.54) is 34.8 Å². The number of H-pyrrole nitrogens is 1. The highest BCUT2D eigenvalue weighted by molar-refractivity contribution is 5.85. The minimum Gasteiger partial charge on any atom is -0.469 e. The molecule has 2 N–H and O–H groups in total. The van der Waals surface area contributed by atoms with E-state index in [4.69, 9.17) is 4.74 Å². The zero-order valence-electron chi connectivity index (χ0n) is 16.4. The highest BCUT2D eigenvalue weighted by atomic mass is 16.5. The van der Waals surface area contributed by atoms with Crippen molar-refractivity contribution in [2.45, 2.75) is 25.8 Å². The fraction of sp³-hybridized carbons (Fsp3) is 0.500. The van der Waals surface area contributed by atoms with E-state index < -0.39 is 5.92 Å². The fourth-order valence-electron chi connectivity index (χ4n) is 5.34. The average Bonchev–Trinajstić information content (AvgIpc) is 3.06. The fourth-order valence-corrected chi connectivity index (χ4v) is 5.34. The lowest BCUT2D eigenvalue weighted by Crippen LogP contribution is -2.57. The number of esters is 1. The van der Waals surface area contributed by atoms with Crippen molar-refractivity contribution in [3.05, 3.63) is 47.2 Å². The van der Waals surface area contributed by atoms with Crippen molar-refractivity contribution in [3.8, 4) is 0 Å². The van der Waals surface area contributed by atoms with Crippen LogP contribution in [-0.4, -0.2) is 54.4 Å². The molecule has 0 aliphatic carbocycles. The van der Waals surface area contributed by atoms with Crippen LogP contribution in [0.3, 0.4) is 0 Å². The van der Waals surface area contributed by atoms with Gasteiger partial charge in [-0.25, -0.2) is 0 Å². The summed E-state index contributed by atoms with van der Waals surface area (Å²) < 4.78 is 5.94. The molecule has 5 heteroatoms. The Morgan fingerprint density at radius 2 is 2.22 bits per heavy atom. The van der Waals surface area contributed by atoms with Crippen LogP contribution in [0, 0.1) is 11.8 Å². The summed E-state index contributed by atoms with van der Waals surface area (Å²) in [6, 6.07) is 8.80. The smallest absolute Gasteiger partial charge is 0.311 e. The van der Waals surface area contributed by atoms with Gasteiger partial charge in [-0.2, -0.15) is 0 Å². The molecule has 0 saturated carbocycles. The van der Waals surface area contributed by atoms with Crippen molar-refractivity contribution in [2.75, 3.05) is 33.9 Å². The number of fused-ring (bicyclic) bond motifs is 5. The predicted molar refractivity (Wildman–Crippen MR) is 105 cm³/mol. The van der Waals surface area contributed by atoms with E-state index in [1.807, 2.05) is 6.92 Å². The lowest BCUT2D eigenvalue weighted by molar-refractivity contribution is -0.942. The highest BCUT2D eigenvalue weighted by Crippen LogP contribution is 2.48. The van der Waals surface area contributed by atoms with Crippen LogP contribution in [0.4, 0.5) is 0 Å². The van der Waals surface area contributed by atoms with Crippen LogP contribution in [0.5, 0.6) is 0 Å². The number of hydrogen-bond acceptors (Lipinski definition) is 3. The number of para-hydroxylation sites is 1. The van der Waals surface area contributed by atoms with Gasteiger partial charge >= 0.3 is 5.97 Å². The third kappa shape index (κ3) is 2.80. The average molecular weight is 369 g/mol. The quantitative estimate of drug-likeness (QED) is 0.497. The zero-order valence-corrected chi connectivity index (χ0v) is 16.4. The molecule has 144 valence electrons. The maximum absolute atomic E-state index is 12.3. The van der Waals surface area contributed by atoms with Crippen LogP contribution < -0.4 is 0 Å². The zero-order chi connectivity index (χ0) is 19.2. The molecule has 2 aliphatic heterocycles. The number of likely N-dealkylation sites (N-methyl/N-ethyl adjacent to an activating group) is 1. The molecule has 0 radical (unpaired) electrons. The summed E-state index contributed by atoms with van der Waals surface area (Å²) in [4.78, 5) is 16.0. The number of piperidine rings is 1. The molecule has 2 aliphatic rings. The van der Waals surface area contributed by atoms with E-state index in [2.05, 4.69) is 42.4 Å². The minimum atomic E-state index is -0.496.